The van der Waals surface area contributed by atoms with Crippen LogP contribution in [0.3, 0.4) is 0 Å². The molecule has 0 aliphatic heterocycles. The Morgan fingerprint density at radius 2 is 1.81 bits per heavy atom. The van der Waals surface area contributed by atoms with Gasteiger partial charge in [-0.1, -0.05) is 42.5 Å². The number of pyridine rings is 1. The topological polar surface area (TPSA) is 59.8 Å². The van der Waals surface area contributed by atoms with Crippen LogP contribution in [0.2, 0.25) is 0 Å². The number of fused-ring (bicyclic) bond motifs is 1. The molecule has 1 amide bonds. The van der Waals surface area contributed by atoms with E-state index in [2.05, 4.69) is 10.3 Å². The predicted molar refractivity (Wildman–Crippen MR) is 119 cm³/mol. The first-order valence-corrected chi connectivity index (χ1v) is 10.3. The van der Waals surface area contributed by atoms with Gasteiger partial charge in [0, 0.05) is 25.6 Å². The molecule has 0 aliphatic carbocycles. The van der Waals surface area contributed by atoms with E-state index in [4.69, 9.17) is 4.98 Å². The number of carbonyl (C=O) groups excluding carboxylic acids is 1. The number of hydrogen-bond acceptors (Lipinski definition) is 3. The first-order valence-electron chi connectivity index (χ1n) is 10.3. The number of aromatic nitrogens is 3. The second-order valence-electron chi connectivity index (χ2n) is 8.14. The van der Waals surface area contributed by atoms with Gasteiger partial charge in [0.25, 0.3) is 0 Å². The van der Waals surface area contributed by atoms with E-state index in [-0.39, 0.29) is 11.7 Å². The number of nitrogens with zero attached hydrogens (tertiary/aromatic N) is 3. The highest BCUT2D eigenvalue weighted by Crippen LogP contribution is 2.21. The van der Waals surface area contributed by atoms with E-state index in [0.717, 1.165) is 28.0 Å². The zero-order valence-corrected chi connectivity index (χ0v) is 17.7. The average molecular weight is 417 g/mol. The third-order valence-corrected chi connectivity index (χ3v) is 5.41. The fourth-order valence-corrected chi connectivity index (χ4v) is 3.72. The maximum Gasteiger partial charge on any atom is 0.221 e. The van der Waals surface area contributed by atoms with Crippen LogP contribution >= 0.6 is 0 Å². The highest BCUT2D eigenvalue weighted by molar-refractivity contribution is 5.78. The minimum Gasteiger partial charge on any atom is -0.347 e. The monoisotopic (exact) mass is 416 g/mol. The number of amides is 1. The second kappa shape index (κ2) is 8.68. The SMILES string of the molecule is CC(C)(NC(=O)CCc1nc2ccncc2n1Cc1ccc(F)cc1)c1ccccc1. The molecule has 2 aromatic carbocycles. The van der Waals surface area contributed by atoms with Crippen LogP contribution in [0.1, 0.15) is 37.2 Å². The van der Waals surface area contributed by atoms with Crippen molar-refractivity contribution in [3.05, 3.63) is 95.8 Å². The molecule has 0 bridgehead atoms. The molecule has 0 radical (unpaired) electrons. The fourth-order valence-electron chi connectivity index (χ4n) is 3.72. The molecule has 0 unspecified atom stereocenters. The maximum absolute atomic E-state index is 13.3. The smallest absolute Gasteiger partial charge is 0.221 e. The van der Waals surface area contributed by atoms with E-state index >= 15 is 0 Å². The Bertz CT molecular complexity index is 1180. The molecule has 5 nitrogen and oxygen atoms in total. The van der Waals surface area contributed by atoms with Gasteiger partial charge in [-0.15, -0.1) is 0 Å². The molecule has 31 heavy (non-hydrogen) atoms. The fraction of sp³-hybridized carbons (Fsp3) is 0.240. The summed E-state index contributed by atoms with van der Waals surface area (Å²) in [7, 11) is 0. The van der Waals surface area contributed by atoms with Crippen molar-refractivity contribution < 1.29 is 9.18 Å². The van der Waals surface area contributed by atoms with Gasteiger partial charge in [0.1, 0.15) is 11.6 Å². The van der Waals surface area contributed by atoms with E-state index in [1.165, 1.54) is 12.1 Å². The summed E-state index contributed by atoms with van der Waals surface area (Å²) in [4.78, 5) is 21.7. The Morgan fingerprint density at radius 3 is 2.55 bits per heavy atom. The summed E-state index contributed by atoms with van der Waals surface area (Å²) in [6.45, 7) is 4.53. The van der Waals surface area contributed by atoms with Crippen molar-refractivity contribution >= 4 is 16.9 Å². The van der Waals surface area contributed by atoms with Crippen molar-refractivity contribution in [3.63, 3.8) is 0 Å². The van der Waals surface area contributed by atoms with Gasteiger partial charge in [0.05, 0.1) is 22.8 Å². The Labute approximate surface area is 181 Å². The van der Waals surface area contributed by atoms with Crippen molar-refractivity contribution in [3.8, 4) is 0 Å². The lowest BCUT2D eigenvalue weighted by molar-refractivity contribution is -0.122. The van der Waals surface area contributed by atoms with Crippen LogP contribution in [0.5, 0.6) is 0 Å². The van der Waals surface area contributed by atoms with Gasteiger partial charge in [-0.05, 0) is 43.2 Å². The van der Waals surface area contributed by atoms with Gasteiger partial charge < -0.3 is 9.88 Å². The standard InChI is InChI=1S/C25H25FN4O/c1-25(2,19-6-4-3-5-7-19)29-24(31)13-12-23-28-21-14-15-27-16-22(21)30(23)17-18-8-10-20(26)11-9-18/h3-11,14-16H,12-13,17H2,1-2H3,(H,29,31). The summed E-state index contributed by atoms with van der Waals surface area (Å²) in [6, 6.07) is 18.2. The molecule has 0 spiro atoms. The van der Waals surface area contributed by atoms with Crippen molar-refractivity contribution in [2.45, 2.75) is 38.8 Å². The van der Waals surface area contributed by atoms with Crippen LogP contribution in [0.4, 0.5) is 4.39 Å². The second-order valence-corrected chi connectivity index (χ2v) is 8.14. The number of imidazole rings is 1. The Hall–Kier alpha value is -3.54. The van der Waals surface area contributed by atoms with Gasteiger partial charge in [-0.2, -0.15) is 0 Å². The molecular weight excluding hydrogens is 391 g/mol. The molecule has 4 aromatic rings. The summed E-state index contributed by atoms with van der Waals surface area (Å²) in [5.41, 5.74) is 3.28. The Kier molecular flexibility index (Phi) is 5.80. The Morgan fingerprint density at radius 1 is 1.06 bits per heavy atom. The zero-order valence-electron chi connectivity index (χ0n) is 17.7. The van der Waals surface area contributed by atoms with Crippen molar-refractivity contribution in [1.82, 2.24) is 19.9 Å². The highest BCUT2D eigenvalue weighted by atomic mass is 19.1. The van der Waals surface area contributed by atoms with E-state index < -0.39 is 5.54 Å². The summed E-state index contributed by atoms with van der Waals surface area (Å²) < 4.78 is 15.3. The summed E-state index contributed by atoms with van der Waals surface area (Å²) >= 11 is 0. The van der Waals surface area contributed by atoms with E-state index in [1.807, 2.05) is 54.8 Å². The third kappa shape index (κ3) is 4.79. The van der Waals surface area contributed by atoms with Crippen LogP contribution in [-0.4, -0.2) is 20.4 Å². The minimum atomic E-state index is -0.462. The van der Waals surface area contributed by atoms with E-state index in [1.54, 1.807) is 24.5 Å². The molecule has 6 heteroatoms. The zero-order chi connectivity index (χ0) is 21.8. The molecule has 2 aromatic heterocycles. The molecule has 0 fully saturated rings. The van der Waals surface area contributed by atoms with Crippen molar-refractivity contribution in [2.75, 3.05) is 0 Å². The van der Waals surface area contributed by atoms with Gasteiger partial charge in [0.15, 0.2) is 0 Å². The molecule has 0 saturated heterocycles. The van der Waals surface area contributed by atoms with Crippen LogP contribution < -0.4 is 5.32 Å². The predicted octanol–water partition coefficient (Wildman–Crippen LogP) is 4.60. The molecular formula is C25H25FN4O. The molecule has 0 saturated carbocycles. The van der Waals surface area contributed by atoms with E-state index in [9.17, 15) is 9.18 Å². The van der Waals surface area contributed by atoms with Crippen molar-refractivity contribution in [2.24, 2.45) is 0 Å². The molecule has 4 rings (SSSR count). The number of hydrogen-bond donors (Lipinski definition) is 1. The van der Waals surface area contributed by atoms with Gasteiger partial charge >= 0.3 is 0 Å². The molecule has 1 N–H and O–H groups in total. The van der Waals surface area contributed by atoms with Crippen LogP contribution in [0.25, 0.3) is 11.0 Å². The lowest BCUT2D eigenvalue weighted by Crippen LogP contribution is -2.41. The van der Waals surface area contributed by atoms with Gasteiger partial charge in [-0.25, -0.2) is 9.37 Å². The molecule has 0 atom stereocenters. The molecule has 2 heterocycles. The summed E-state index contributed by atoms with van der Waals surface area (Å²) in [5, 5.41) is 3.12. The lowest BCUT2D eigenvalue weighted by atomic mass is 9.94. The quantitative estimate of drug-likeness (QED) is 0.479. The van der Waals surface area contributed by atoms with Crippen molar-refractivity contribution in [1.29, 1.82) is 0 Å². The lowest BCUT2D eigenvalue weighted by Gasteiger charge is -2.27. The number of carbonyl (C=O) groups is 1. The average Bonchev–Trinajstić information content (AvgIpc) is 3.11. The Balaban J connectivity index is 1.51. The minimum absolute atomic E-state index is 0.0348. The normalized spacial score (nSPS) is 11.6. The first kappa shape index (κ1) is 20.7. The van der Waals surface area contributed by atoms with E-state index in [0.29, 0.717) is 19.4 Å². The third-order valence-electron chi connectivity index (χ3n) is 5.41. The number of aryl methyl sites for hydroxylation is 1. The van der Waals surface area contributed by atoms with Crippen LogP contribution in [0.15, 0.2) is 73.1 Å². The highest BCUT2D eigenvalue weighted by Gasteiger charge is 2.23. The van der Waals surface area contributed by atoms with Gasteiger partial charge in [-0.3, -0.25) is 9.78 Å². The number of benzene rings is 2. The number of rotatable bonds is 7. The maximum atomic E-state index is 13.3. The molecule has 158 valence electrons. The first-order chi connectivity index (χ1) is 14.9. The number of nitrogens with one attached hydrogen (secondary N) is 1. The van der Waals surface area contributed by atoms with Crippen LogP contribution in [-0.2, 0) is 23.3 Å². The summed E-state index contributed by atoms with van der Waals surface area (Å²) in [5.74, 6) is 0.506. The van der Waals surface area contributed by atoms with Gasteiger partial charge in [0.2, 0.25) is 5.91 Å². The van der Waals surface area contributed by atoms with Crippen LogP contribution in [0, 0.1) is 5.82 Å². The number of halogens is 1. The summed E-state index contributed by atoms with van der Waals surface area (Å²) in [6.07, 6.45) is 4.29. The molecule has 0 aliphatic rings. The largest absolute Gasteiger partial charge is 0.347 e.